The Morgan fingerprint density at radius 1 is 1.26 bits per heavy atom. The van der Waals surface area contributed by atoms with Crippen molar-refractivity contribution >= 4 is 11.7 Å². The molecule has 0 saturated carbocycles. The Kier molecular flexibility index (Phi) is 7.35. The molecule has 3 rings (SSSR count). The zero-order valence-corrected chi connectivity index (χ0v) is 19.8. The molecule has 0 bridgehead atoms. The molecule has 2 heterocycles. The fraction of sp³-hybridized carbons (Fsp3) is 0.680. The van der Waals surface area contributed by atoms with E-state index in [0.717, 1.165) is 38.1 Å². The third-order valence-corrected chi connectivity index (χ3v) is 7.15. The van der Waals surface area contributed by atoms with Crippen molar-refractivity contribution in [3.05, 3.63) is 24.3 Å². The van der Waals surface area contributed by atoms with Gasteiger partial charge >= 0.3 is 6.03 Å². The highest BCUT2D eigenvalue weighted by Gasteiger charge is 2.40. The lowest BCUT2D eigenvalue weighted by Gasteiger charge is -2.50. The first-order chi connectivity index (χ1) is 14.7. The van der Waals surface area contributed by atoms with Crippen LogP contribution < -0.4 is 9.64 Å². The molecule has 2 saturated heterocycles. The minimum atomic E-state index is 0.0951. The maximum absolute atomic E-state index is 13.0. The number of hydrogen-bond donors (Lipinski definition) is 0. The number of hydrogen-bond acceptors (Lipinski definition) is 4. The van der Waals surface area contributed by atoms with Gasteiger partial charge in [0, 0.05) is 50.9 Å². The Morgan fingerprint density at radius 2 is 1.90 bits per heavy atom. The lowest BCUT2D eigenvalue weighted by molar-refractivity contribution is 0.120. The minimum Gasteiger partial charge on any atom is -0.494 e. The Labute approximate surface area is 187 Å². The normalized spacial score (nSPS) is 23.9. The van der Waals surface area contributed by atoms with Crippen molar-refractivity contribution < 1.29 is 9.53 Å². The van der Waals surface area contributed by atoms with Gasteiger partial charge in [-0.15, -0.1) is 0 Å². The van der Waals surface area contributed by atoms with E-state index in [-0.39, 0.29) is 17.4 Å². The number of likely N-dealkylation sites (tertiary alicyclic amines) is 1. The summed E-state index contributed by atoms with van der Waals surface area (Å²) in [5, 5.41) is 9.10. The number of rotatable bonds is 5. The Bertz CT molecular complexity index is 778. The number of urea groups is 1. The zero-order chi connectivity index (χ0) is 22.6. The lowest BCUT2D eigenvalue weighted by atomic mass is 9.72. The van der Waals surface area contributed by atoms with E-state index in [4.69, 9.17) is 10.00 Å². The number of piperidine rings is 2. The van der Waals surface area contributed by atoms with Crippen molar-refractivity contribution in [1.29, 1.82) is 5.26 Å². The van der Waals surface area contributed by atoms with Crippen molar-refractivity contribution in [2.45, 2.75) is 53.0 Å². The average Bonchev–Trinajstić information content (AvgIpc) is 2.76. The standard InChI is InChI=1S/C25H38N4O2/c1-6-31-23-9-7-22(8-10-23)29-18-21(15-25(3,4)19(29)2)17-27(5)24(30)28-13-11-20(16-26)12-14-28/h7-10,19-21H,6,11-15,17-18H2,1-5H3. The summed E-state index contributed by atoms with van der Waals surface area (Å²) in [5.41, 5.74) is 1.36. The van der Waals surface area contributed by atoms with Crippen LogP contribution in [-0.2, 0) is 0 Å². The molecule has 2 unspecified atom stereocenters. The minimum absolute atomic E-state index is 0.0951. The van der Waals surface area contributed by atoms with E-state index >= 15 is 0 Å². The SMILES string of the molecule is CCOc1ccc(N2CC(CN(C)C(=O)N3CCC(C#N)CC3)CC(C)(C)C2C)cc1. The topological polar surface area (TPSA) is 59.8 Å². The van der Waals surface area contributed by atoms with Crippen LogP contribution in [0, 0.1) is 28.6 Å². The van der Waals surface area contributed by atoms with Crippen LogP contribution in [-0.4, -0.2) is 61.7 Å². The van der Waals surface area contributed by atoms with E-state index in [1.807, 2.05) is 35.9 Å². The van der Waals surface area contributed by atoms with Crippen molar-refractivity contribution in [2.24, 2.45) is 17.3 Å². The highest BCUT2D eigenvalue weighted by Crippen LogP contribution is 2.40. The summed E-state index contributed by atoms with van der Waals surface area (Å²) < 4.78 is 5.60. The first-order valence-corrected chi connectivity index (χ1v) is 11.6. The van der Waals surface area contributed by atoms with Crippen LogP contribution in [0.5, 0.6) is 5.75 Å². The number of anilines is 1. The zero-order valence-electron chi connectivity index (χ0n) is 19.8. The van der Waals surface area contributed by atoms with Gasteiger partial charge in [-0.1, -0.05) is 13.8 Å². The lowest BCUT2D eigenvalue weighted by Crippen LogP contribution is -2.54. The maximum Gasteiger partial charge on any atom is 0.319 e. The van der Waals surface area contributed by atoms with Crippen molar-refractivity contribution in [3.8, 4) is 11.8 Å². The van der Waals surface area contributed by atoms with E-state index in [1.54, 1.807) is 0 Å². The first-order valence-electron chi connectivity index (χ1n) is 11.6. The molecular formula is C25H38N4O2. The predicted octanol–water partition coefficient (Wildman–Crippen LogP) is 4.61. The summed E-state index contributed by atoms with van der Waals surface area (Å²) in [7, 11) is 1.92. The molecule has 0 aliphatic carbocycles. The largest absolute Gasteiger partial charge is 0.494 e. The van der Waals surface area contributed by atoms with Gasteiger partial charge in [-0.3, -0.25) is 0 Å². The van der Waals surface area contributed by atoms with Crippen LogP contribution in [0.25, 0.3) is 0 Å². The molecule has 6 heteroatoms. The van der Waals surface area contributed by atoms with Gasteiger partial charge in [-0.05, 0) is 68.7 Å². The van der Waals surface area contributed by atoms with Crippen LogP contribution in [0.2, 0.25) is 0 Å². The summed E-state index contributed by atoms with van der Waals surface area (Å²) in [6, 6.07) is 11.2. The molecule has 1 aromatic carbocycles. The van der Waals surface area contributed by atoms with E-state index in [0.29, 0.717) is 31.7 Å². The van der Waals surface area contributed by atoms with E-state index in [2.05, 4.69) is 43.9 Å². The van der Waals surface area contributed by atoms with Gasteiger partial charge < -0.3 is 19.4 Å². The second-order valence-electron chi connectivity index (χ2n) is 9.87. The summed E-state index contributed by atoms with van der Waals surface area (Å²) >= 11 is 0. The first kappa shape index (κ1) is 23.2. The molecule has 0 N–H and O–H groups in total. The van der Waals surface area contributed by atoms with E-state index < -0.39 is 0 Å². The summed E-state index contributed by atoms with van der Waals surface area (Å²) in [5.74, 6) is 1.40. The third-order valence-electron chi connectivity index (χ3n) is 7.15. The molecule has 170 valence electrons. The molecular weight excluding hydrogens is 388 g/mol. The van der Waals surface area contributed by atoms with E-state index in [9.17, 15) is 4.79 Å². The molecule has 2 aliphatic heterocycles. The highest BCUT2D eigenvalue weighted by atomic mass is 16.5. The molecule has 2 amide bonds. The predicted molar refractivity (Wildman–Crippen MR) is 124 cm³/mol. The van der Waals surface area contributed by atoms with Crippen LogP contribution in [0.3, 0.4) is 0 Å². The fourth-order valence-electron chi connectivity index (χ4n) is 5.10. The van der Waals surface area contributed by atoms with Crippen LogP contribution in [0.15, 0.2) is 24.3 Å². The van der Waals surface area contributed by atoms with Gasteiger partial charge in [0.15, 0.2) is 0 Å². The number of amides is 2. The number of carbonyl (C=O) groups excluding carboxylic acids is 1. The number of carbonyl (C=O) groups is 1. The maximum atomic E-state index is 13.0. The van der Waals surface area contributed by atoms with Gasteiger partial charge in [0.25, 0.3) is 0 Å². The van der Waals surface area contributed by atoms with Crippen molar-refractivity contribution in [1.82, 2.24) is 9.80 Å². The van der Waals surface area contributed by atoms with Crippen molar-refractivity contribution in [2.75, 3.05) is 44.7 Å². The average molecular weight is 427 g/mol. The second kappa shape index (κ2) is 9.80. The quantitative estimate of drug-likeness (QED) is 0.690. The van der Waals surface area contributed by atoms with Gasteiger partial charge in [-0.25, -0.2) is 4.79 Å². The summed E-state index contributed by atoms with van der Waals surface area (Å²) in [6.07, 6.45) is 2.67. The molecule has 0 spiro atoms. The summed E-state index contributed by atoms with van der Waals surface area (Å²) in [6.45, 7) is 12.7. The molecule has 2 aliphatic rings. The highest BCUT2D eigenvalue weighted by molar-refractivity contribution is 5.74. The molecule has 31 heavy (non-hydrogen) atoms. The van der Waals surface area contributed by atoms with Crippen LogP contribution in [0.4, 0.5) is 10.5 Å². The number of nitriles is 1. The van der Waals surface area contributed by atoms with Gasteiger partial charge in [0.2, 0.25) is 0 Å². The molecule has 0 radical (unpaired) electrons. The summed E-state index contributed by atoms with van der Waals surface area (Å²) in [4.78, 5) is 19.3. The second-order valence-corrected chi connectivity index (χ2v) is 9.87. The monoisotopic (exact) mass is 426 g/mol. The van der Waals surface area contributed by atoms with Gasteiger partial charge in [-0.2, -0.15) is 5.26 Å². The fourth-order valence-corrected chi connectivity index (χ4v) is 5.10. The Hall–Kier alpha value is -2.42. The van der Waals surface area contributed by atoms with E-state index in [1.165, 1.54) is 5.69 Å². The third kappa shape index (κ3) is 5.44. The number of nitrogens with zero attached hydrogens (tertiary/aromatic N) is 4. The molecule has 6 nitrogen and oxygen atoms in total. The van der Waals surface area contributed by atoms with Crippen LogP contribution in [0.1, 0.15) is 47.0 Å². The smallest absolute Gasteiger partial charge is 0.319 e. The van der Waals surface area contributed by atoms with Crippen molar-refractivity contribution in [3.63, 3.8) is 0 Å². The molecule has 2 fully saturated rings. The Morgan fingerprint density at radius 3 is 2.48 bits per heavy atom. The molecule has 2 atom stereocenters. The molecule has 0 aromatic heterocycles. The molecule has 1 aromatic rings. The number of benzene rings is 1. The number of ether oxygens (including phenoxy) is 1. The van der Waals surface area contributed by atoms with Gasteiger partial charge in [0.1, 0.15) is 5.75 Å². The van der Waals surface area contributed by atoms with Crippen LogP contribution >= 0.6 is 0 Å². The Balaban J connectivity index is 1.65. The van der Waals surface area contributed by atoms with Gasteiger partial charge in [0.05, 0.1) is 12.7 Å².